The standard InChI is InChI=1S/C25H32FN5O2/c26-17-9-11-20(12-10-17)31-22-8-4-7-21(22)23(29-31)24(32)30-15-13-19(14-16-30)28-25(33)27-18-5-2-1-3-6-18/h9-12,18-19H,1-8,13-16H2,(H2,27,28,33). The molecule has 1 aliphatic heterocycles. The van der Waals surface area contributed by atoms with Crippen LogP contribution in [0.25, 0.3) is 5.69 Å². The van der Waals surface area contributed by atoms with Crippen LogP contribution in [0.3, 0.4) is 0 Å². The van der Waals surface area contributed by atoms with Gasteiger partial charge in [-0.2, -0.15) is 5.10 Å². The number of fused-ring (bicyclic) bond motifs is 1. The van der Waals surface area contributed by atoms with Gasteiger partial charge in [0.2, 0.25) is 0 Å². The third-order valence-corrected chi connectivity index (χ3v) is 7.26. The number of amides is 3. The third kappa shape index (κ3) is 4.75. The largest absolute Gasteiger partial charge is 0.337 e. The molecule has 1 saturated carbocycles. The van der Waals surface area contributed by atoms with E-state index in [9.17, 15) is 14.0 Å². The molecule has 0 unspecified atom stereocenters. The lowest BCUT2D eigenvalue weighted by molar-refractivity contribution is 0.0700. The topological polar surface area (TPSA) is 79.3 Å². The van der Waals surface area contributed by atoms with Crippen molar-refractivity contribution in [2.75, 3.05) is 13.1 Å². The Bertz CT molecular complexity index is 1000. The second kappa shape index (κ2) is 9.53. The summed E-state index contributed by atoms with van der Waals surface area (Å²) < 4.78 is 15.2. The van der Waals surface area contributed by atoms with E-state index in [4.69, 9.17) is 0 Å². The number of aromatic nitrogens is 2. The molecule has 0 bridgehead atoms. The van der Waals surface area contributed by atoms with E-state index in [1.807, 2.05) is 4.90 Å². The molecule has 3 aliphatic rings. The van der Waals surface area contributed by atoms with Gasteiger partial charge in [-0.25, -0.2) is 13.9 Å². The minimum absolute atomic E-state index is 0.0425. The Morgan fingerprint density at radius 1 is 0.879 bits per heavy atom. The van der Waals surface area contributed by atoms with Crippen molar-refractivity contribution < 1.29 is 14.0 Å². The average Bonchev–Trinajstić information content (AvgIpc) is 3.43. The highest BCUT2D eigenvalue weighted by Crippen LogP contribution is 2.29. The van der Waals surface area contributed by atoms with E-state index in [0.29, 0.717) is 24.8 Å². The Morgan fingerprint density at radius 3 is 2.24 bits per heavy atom. The van der Waals surface area contributed by atoms with Crippen LogP contribution in [-0.4, -0.2) is 51.8 Å². The van der Waals surface area contributed by atoms with Gasteiger partial charge in [-0.3, -0.25) is 4.79 Å². The summed E-state index contributed by atoms with van der Waals surface area (Å²) >= 11 is 0. The van der Waals surface area contributed by atoms with Gasteiger partial charge in [0.15, 0.2) is 5.69 Å². The molecule has 5 rings (SSSR count). The van der Waals surface area contributed by atoms with Crippen LogP contribution in [0.1, 0.15) is 73.1 Å². The van der Waals surface area contributed by atoms with Crippen LogP contribution in [0, 0.1) is 5.82 Å². The summed E-state index contributed by atoms with van der Waals surface area (Å²) in [6, 6.07) is 6.53. The van der Waals surface area contributed by atoms with Crippen molar-refractivity contribution in [1.29, 1.82) is 0 Å². The van der Waals surface area contributed by atoms with Crippen molar-refractivity contribution in [3.63, 3.8) is 0 Å². The highest BCUT2D eigenvalue weighted by atomic mass is 19.1. The van der Waals surface area contributed by atoms with Crippen LogP contribution < -0.4 is 10.6 Å². The molecule has 1 aromatic carbocycles. The molecule has 176 valence electrons. The first-order chi connectivity index (χ1) is 16.1. The second-order valence-electron chi connectivity index (χ2n) is 9.53. The van der Waals surface area contributed by atoms with Gasteiger partial charge in [-0.15, -0.1) is 0 Å². The maximum Gasteiger partial charge on any atom is 0.315 e. The van der Waals surface area contributed by atoms with Gasteiger partial charge in [0, 0.05) is 36.4 Å². The normalized spacial score (nSPS) is 19.4. The third-order valence-electron chi connectivity index (χ3n) is 7.26. The Kier molecular flexibility index (Phi) is 6.33. The van der Waals surface area contributed by atoms with E-state index in [2.05, 4.69) is 15.7 Å². The average molecular weight is 454 g/mol. The lowest BCUT2D eigenvalue weighted by Crippen LogP contribution is -2.51. The fourth-order valence-electron chi connectivity index (χ4n) is 5.44. The number of nitrogens with zero attached hydrogens (tertiary/aromatic N) is 3. The van der Waals surface area contributed by atoms with Gasteiger partial charge in [0.05, 0.1) is 5.69 Å². The molecule has 2 aromatic rings. The van der Waals surface area contributed by atoms with E-state index < -0.39 is 0 Å². The van der Waals surface area contributed by atoms with Gasteiger partial charge >= 0.3 is 6.03 Å². The number of likely N-dealkylation sites (tertiary alicyclic amines) is 1. The summed E-state index contributed by atoms with van der Waals surface area (Å²) in [5, 5.41) is 10.9. The SMILES string of the molecule is O=C(NC1CCCCC1)NC1CCN(C(=O)c2nn(-c3ccc(F)cc3)c3c2CCC3)CC1. The molecule has 7 nitrogen and oxygen atoms in total. The van der Waals surface area contributed by atoms with E-state index in [0.717, 1.165) is 61.9 Å². The second-order valence-corrected chi connectivity index (χ2v) is 9.53. The molecule has 33 heavy (non-hydrogen) atoms. The summed E-state index contributed by atoms with van der Waals surface area (Å²) in [6.07, 6.45) is 9.96. The van der Waals surface area contributed by atoms with E-state index in [1.54, 1.807) is 16.8 Å². The molecule has 1 saturated heterocycles. The fraction of sp³-hybridized carbons (Fsp3) is 0.560. The quantitative estimate of drug-likeness (QED) is 0.740. The molecule has 2 N–H and O–H groups in total. The van der Waals surface area contributed by atoms with Crippen LogP contribution in [-0.2, 0) is 12.8 Å². The molecular formula is C25H32FN5O2. The summed E-state index contributed by atoms with van der Waals surface area (Å²) in [5.74, 6) is -0.332. The Morgan fingerprint density at radius 2 is 1.55 bits per heavy atom. The number of urea groups is 1. The minimum atomic E-state index is -0.289. The first kappa shape index (κ1) is 21.9. The van der Waals surface area contributed by atoms with Crippen LogP contribution >= 0.6 is 0 Å². The van der Waals surface area contributed by atoms with Gasteiger partial charge in [-0.1, -0.05) is 19.3 Å². The number of carbonyl (C=O) groups is 2. The molecule has 2 fully saturated rings. The lowest BCUT2D eigenvalue weighted by atomic mass is 9.96. The van der Waals surface area contributed by atoms with Gasteiger partial charge in [-0.05, 0) is 69.2 Å². The zero-order valence-electron chi connectivity index (χ0n) is 19.0. The Hall–Kier alpha value is -2.90. The number of rotatable bonds is 4. The van der Waals surface area contributed by atoms with Crippen LogP contribution in [0.4, 0.5) is 9.18 Å². The van der Waals surface area contributed by atoms with Gasteiger partial charge in [0.1, 0.15) is 5.82 Å². The predicted molar refractivity (Wildman–Crippen MR) is 123 cm³/mol. The van der Waals surface area contributed by atoms with E-state index >= 15 is 0 Å². The molecule has 0 radical (unpaired) electrons. The van der Waals surface area contributed by atoms with Crippen molar-refractivity contribution in [2.45, 2.75) is 76.3 Å². The molecule has 2 aliphatic carbocycles. The number of hydrogen-bond acceptors (Lipinski definition) is 3. The minimum Gasteiger partial charge on any atom is -0.337 e. The molecule has 0 spiro atoms. The Labute approximate surface area is 193 Å². The van der Waals surface area contributed by atoms with Gasteiger partial charge < -0.3 is 15.5 Å². The fourth-order valence-corrected chi connectivity index (χ4v) is 5.44. The maximum atomic E-state index is 13.4. The molecule has 8 heteroatoms. The maximum absolute atomic E-state index is 13.4. The number of benzene rings is 1. The number of hydrogen-bond donors (Lipinski definition) is 2. The molecule has 2 heterocycles. The zero-order valence-corrected chi connectivity index (χ0v) is 19.0. The van der Waals surface area contributed by atoms with Crippen molar-refractivity contribution in [1.82, 2.24) is 25.3 Å². The zero-order chi connectivity index (χ0) is 22.8. The number of nitrogens with one attached hydrogen (secondary N) is 2. The summed E-state index contributed by atoms with van der Waals surface area (Å²) in [4.78, 5) is 27.6. The van der Waals surface area contributed by atoms with Crippen LogP contribution in [0.15, 0.2) is 24.3 Å². The first-order valence-electron chi connectivity index (χ1n) is 12.3. The number of halogens is 1. The number of piperidine rings is 1. The van der Waals surface area contributed by atoms with E-state index in [1.165, 1.54) is 31.4 Å². The molecule has 1 aromatic heterocycles. The monoisotopic (exact) mass is 453 g/mol. The highest BCUT2D eigenvalue weighted by molar-refractivity contribution is 5.94. The molecule has 3 amide bonds. The summed E-state index contributed by atoms with van der Waals surface area (Å²) in [6.45, 7) is 1.21. The Balaban J connectivity index is 1.20. The van der Waals surface area contributed by atoms with Crippen LogP contribution in [0.2, 0.25) is 0 Å². The lowest BCUT2D eigenvalue weighted by Gasteiger charge is -2.32. The molecular weight excluding hydrogens is 421 g/mol. The smallest absolute Gasteiger partial charge is 0.315 e. The van der Waals surface area contributed by atoms with E-state index in [-0.39, 0.29) is 23.8 Å². The van der Waals surface area contributed by atoms with Crippen molar-refractivity contribution in [3.8, 4) is 5.69 Å². The first-order valence-corrected chi connectivity index (χ1v) is 12.3. The highest BCUT2D eigenvalue weighted by Gasteiger charge is 2.32. The summed E-state index contributed by atoms with van der Waals surface area (Å²) in [7, 11) is 0. The van der Waals surface area contributed by atoms with Crippen molar-refractivity contribution in [3.05, 3.63) is 47.0 Å². The summed E-state index contributed by atoms with van der Waals surface area (Å²) in [5.41, 5.74) is 3.38. The van der Waals surface area contributed by atoms with Crippen LogP contribution in [0.5, 0.6) is 0 Å². The predicted octanol–water partition coefficient (Wildman–Crippen LogP) is 3.74. The van der Waals surface area contributed by atoms with Crippen molar-refractivity contribution in [2.24, 2.45) is 0 Å². The van der Waals surface area contributed by atoms with Gasteiger partial charge in [0.25, 0.3) is 5.91 Å². The number of carbonyl (C=O) groups excluding carboxylic acids is 2. The molecule has 0 atom stereocenters. The van der Waals surface area contributed by atoms with Crippen molar-refractivity contribution >= 4 is 11.9 Å².